The molecule has 0 heterocycles. The number of nitrogens with two attached hydrogens (primary N) is 1. The summed E-state index contributed by atoms with van der Waals surface area (Å²) < 4.78 is 0. The van der Waals surface area contributed by atoms with Crippen LogP contribution in [0, 0.1) is 10.8 Å². The maximum absolute atomic E-state index is 12.7. The topological polar surface area (TPSA) is 55.1 Å². The highest BCUT2D eigenvalue weighted by molar-refractivity contribution is 5.82. The Morgan fingerprint density at radius 1 is 1.15 bits per heavy atom. The smallest absolute Gasteiger partial charge is 0.227 e. The van der Waals surface area contributed by atoms with Crippen LogP contribution in [0.3, 0.4) is 0 Å². The second kappa shape index (κ2) is 8.02. The minimum Gasteiger partial charge on any atom is -0.355 e. The van der Waals surface area contributed by atoms with E-state index >= 15 is 0 Å². The third-order valence-electron chi connectivity index (χ3n) is 5.37. The molecule has 0 bridgehead atoms. The molecule has 0 radical (unpaired) electrons. The average molecular weight is 282 g/mol. The second-order valence-corrected chi connectivity index (χ2v) is 6.73. The first-order chi connectivity index (χ1) is 9.58. The monoisotopic (exact) mass is 282 g/mol. The third kappa shape index (κ3) is 3.97. The zero-order chi connectivity index (χ0) is 15.1. The molecule has 20 heavy (non-hydrogen) atoms. The lowest BCUT2D eigenvalue weighted by atomic mass is 9.77. The Labute approximate surface area is 125 Å². The highest BCUT2D eigenvalue weighted by Gasteiger charge is 2.38. The van der Waals surface area contributed by atoms with E-state index in [1.807, 2.05) is 0 Å². The lowest BCUT2D eigenvalue weighted by molar-refractivity contribution is -0.132. The lowest BCUT2D eigenvalue weighted by Gasteiger charge is -2.34. The van der Waals surface area contributed by atoms with Crippen LogP contribution in [0.5, 0.6) is 0 Å². The number of nitrogens with one attached hydrogen (secondary N) is 1. The van der Waals surface area contributed by atoms with Crippen molar-refractivity contribution in [1.29, 1.82) is 0 Å². The van der Waals surface area contributed by atoms with Gasteiger partial charge in [-0.15, -0.1) is 0 Å². The van der Waals surface area contributed by atoms with Gasteiger partial charge in [0, 0.05) is 13.1 Å². The minimum atomic E-state index is -0.336. The molecule has 3 nitrogen and oxygen atoms in total. The Hall–Kier alpha value is -0.570. The van der Waals surface area contributed by atoms with Crippen molar-refractivity contribution in [2.45, 2.75) is 78.6 Å². The normalized spacial score (nSPS) is 18.2. The SMILES string of the molecule is CCCC(CN)(CCC)C(=O)NCC1(CC)CCCC1. The molecule has 1 aliphatic rings. The van der Waals surface area contributed by atoms with Crippen LogP contribution < -0.4 is 11.1 Å². The molecular formula is C17H34N2O. The first-order valence-corrected chi connectivity index (χ1v) is 8.56. The van der Waals surface area contributed by atoms with Gasteiger partial charge < -0.3 is 11.1 Å². The lowest BCUT2D eigenvalue weighted by Crippen LogP contribution is -2.48. The van der Waals surface area contributed by atoms with Gasteiger partial charge in [0.15, 0.2) is 0 Å². The highest BCUT2D eigenvalue weighted by Crippen LogP contribution is 2.40. The summed E-state index contributed by atoms with van der Waals surface area (Å²) in [5, 5.41) is 3.26. The standard InChI is InChI=1S/C17H34N2O/c1-4-9-17(13-18,10-5-2)15(20)19-14-16(6-3)11-7-8-12-16/h4-14,18H2,1-3H3,(H,19,20). The Bertz CT molecular complexity index is 289. The molecule has 0 atom stereocenters. The van der Waals surface area contributed by atoms with E-state index in [-0.39, 0.29) is 11.3 Å². The summed E-state index contributed by atoms with van der Waals surface area (Å²) in [6.07, 6.45) is 10.2. The summed E-state index contributed by atoms with van der Waals surface area (Å²) in [5.74, 6) is 0.198. The van der Waals surface area contributed by atoms with Gasteiger partial charge in [0.2, 0.25) is 5.91 Å². The van der Waals surface area contributed by atoms with Gasteiger partial charge in [-0.25, -0.2) is 0 Å². The predicted molar refractivity (Wildman–Crippen MR) is 85.5 cm³/mol. The van der Waals surface area contributed by atoms with Gasteiger partial charge in [-0.3, -0.25) is 4.79 Å². The van der Waals surface area contributed by atoms with E-state index < -0.39 is 0 Å². The van der Waals surface area contributed by atoms with Crippen molar-refractivity contribution in [3.8, 4) is 0 Å². The van der Waals surface area contributed by atoms with Crippen molar-refractivity contribution < 1.29 is 4.79 Å². The quantitative estimate of drug-likeness (QED) is 0.678. The van der Waals surface area contributed by atoms with E-state index in [9.17, 15) is 4.79 Å². The predicted octanol–water partition coefficient (Wildman–Crippen LogP) is 3.62. The summed E-state index contributed by atoms with van der Waals surface area (Å²) in [5.41, 5.74) is 5.99. The van der Waals surface area contributed by atoms with Crippen molar-refractivity contribution in [3.05, 3.63) is 0 Å². The van der Waals surface area contributed by atoms with Gasteiger partial charge in [0.1, 0.15) is 0 Å². The second-order valence-electron chi connectivity index (χ2n) is 6.73. The van der Waals surface area contributed by atoms with Crippen LogP contribution in [0.2, 0.25) is 0 Å². The number of carbonyl (C=O) groups is 1. The molecule has 0 aromatic heterocycles. The Morgan fingerprint density at radius 2 is 1.70 bits per heavy atom. The van der Waals surface area contributed by atoms with Crippen LogP contribution in [-0.4, -0.2) is 19.0 Å². The molecule has 1 aliphatic carbocycles. The Balaban J connectivity index is 2.65. The molecule has 0 aromatic rings. The molecule has 0 spiro atoms. The Morgan fingerprint density at radius 3 is 2.10 bits per heavy atom. The van der Waals surface area contributed by atoms with Crippen LogP contribution in [0.1, 0.15) is 78.6 Å². The molecule has 0 aromatic carbocycles. The first-order valence-electron chi connectivity index (χ1n) is 8.56. The van der Waals surface area contributed by atoms with E-state index in [4.69, 9.17) is 5.73 Å². The molecule has 1 amide bonds. The molecule has 1 fully saturated rings. The average Bonchev–Trinajstić information content (AvgIpc) is 2.94. The van der Waals surface area contributed by atoms with Crippen LogP contribution >= 0.6 is 0 Å². The molecule has 0 unspecified atom stereocenters. The van der Waals surface area contributed by atoms with E-state index in [0.29, 0.717) is 12.0 Å². The highest BCUT2D eigenvalue weighted by atomic mass is 16.2. The number of rotatable bonds is 9. The van der Waals surface area contributed by atoms with E-state index in [0.717, 1.165) is 32.2 Å². The molecule has 3 N–H and O–H groups in total. The van der Waals surface area contributed by atoms with Crippen molar-refractivity contribution in [1.82, 2.24) is 5.32 Å². The molecule has 0 aliphatic heterocycles. The van der Waals surface area contributed by atoms with Crippen molar-refractivity contribution in [2.24, 2.45) is 16.6 Å². The number of carbonyl (C=O) groups excluding carboxylic acids is 1. The third-order valence-corrected chi connectivity index (χ3v) is 5.37. The molecule has 1 saturated carbocycles. The maximum Gasteiger partial charge on any atom is 0.227 e. The van der Waals surface area contributed by atoms with Crippen molar-refractivity contribution in [3.63, 3.8) is 0 Å². The van der Waals surface area contributed by atoms with Gasteiger partial charge in [0.25, 0.3) is 0 Å². The van der Waals surface area contributed by atoms with Crippen molar-refractivity contribution in [2.75, 3.05) is 13.1 Å². The minimum absolute atomic E-state index is 0.198. The summed E-state index contributed by atoms with van der Waals surface area (Å²) in [6.45, 7) is 7.85. The van der Waals surface area contributed by atoms with E-state index in [1.54, 1.807) is 0 Å². The van der Waals surface area contributed by atoms with Crippen molar-refractivity contribution >= 4 is 5.91 Å². The first kappa shape index (κ1) is 17.5. The fraction of sp³-hybridized carbons (Fsp3) is 0.941. The van der Waals surface area contributed by atoms with Gasteiger partial charge in [-0.1, -0.05) is 46.5 Å². The molecule has 3 heteroatoms. The van der Waals surface area contributed by atoms with Gasteiger partial charge in [-0.2, -0.15) is 0 Å². The van der Waals surface area contributed by atoms with Gasteiger partial charge in [0.05, 0.1) is 5.41 Å². The number of amides is 1. The van der Waals surface area contributed by atoms with Gasteiger partial charge >= 0.3 is 0 Å². The van der Waals surface area contributed by atoms with E-state index in [1.165, 1.54) is 32.1 Å². The summed E-state index contributed by atoms with van der Waals surface area (Å²) >= 11 is 0. The van der Waals surface area contributed by atoms with Crippen LogP contribution in [-0.2, 0) is 4.79 Å². The summed E-state index contributed by atoms with van der Waals surface area (Å²) in [6, 6.07) is 0. The number of hydrogen-bond acceptors (Lipinski definition) is 2. The summed E-state index contributed by atoms with van der Waals surface area (Å²) in [7, 11) is 0. The van der Waals surface area contributed by atoms with Crippen LogP contribution in [0.15, 0.2) is 0 Å². The van der Waals surface area contributed by atoms with Crippen LogP contribution in [0.4, 0.5) is 0 Å². The molecule has 0 saturated heterocycles. The number of hydrogen-bond donors (Lipinski definition) is 2. The molecule has 1 rings (SSSR count). The fourth-order valence-electron chi connectivity index (χ4n) is 3.84. The largest absolute Gasteiger partial charge is 0.355 e. The summed E-state index contributed by atoms with van der Waals surface area (Å²) in [4.78, 5) is 12.7. The zero-order valence-electron chi connectivity index (χ0n) is 13.8. The molecular weight excluding hydrogens is 248 g/mol. The Kier molecular flexibility index (Phi) is 7.01. The van der Waals surface area contributed by atoms with E-state index in [2.05, 4.69) is 26.1 Å². The maximum atomic E-state index is 12.7. The van der Waals surface area contributed by atoms with Gasteiger partial charge in [-0.05, 0) is 37.5 Å². The molecule has 118 valence electrons. The fourth-order valence-corrected chi connectivity index (χ4v) is 3.84. The zero-order valence-corrected chi connectivity index (χ0v) is 13.8. The van der Waals surface area contributed by atoms with Crippen LogP contribution in [0.25, 0.3) is 0 Å².